The molecule has 0 aliphatic carbocycles. The largest absolute Gasteiger partial charge is 0.381 e. The van der Waals surface area contributed by atoms with Crippen LogP contribution in [0.4, 0.5) is 0 Å². The lowest BCUT2D eigenvalue weighted by atomic mass is 10.1. The van der Waals surface area contributed by atoms with Crippen molar-refractivity contribution >= 4 is 0 Å². The van der Waals surface area contributed by atoms with Crippen molar-refractivity contribution in [2.45, 2.75) is 58.3 Å². The van der Waals surface area contributed by atoms with E-state index in [4.69, 9.17) is 9.26 Å². The van der Waals surface area contributed by atoms with E-state index in [1.807, 2.05) is 0 Å². The Balaban J connectivity index is 1.78. The Morgan fingerprint density at radius 1 is 1.40 bits per heavy atom. The van der Waals surface area contributed by atoms with Gasteiger partial charge in [-0.15, -0.1) is 0 Å². The molecule has 1 fully saturated rings. The summed E-state index contributed by atoms with van der Waals surface area (Å²) < 4.78 is 10.8. The summed E-state index contributed by atoms with van der Waals surface area (Å²) >= 11 is 0. The van der Waals surface area contributed by atoms with E-state index in [1.165, 1.54) is 0 Å². The van der Waals surface area contributed by atoms with E-state index in [-0.39, 0.29) is 5.54 Å². The zero-order valence-corrected chi connectivity index (χ0v) is 13.1. The van der Waals surface area contributed by atoms with Crippen LogP contribution in [0.15, 0.2) is 10.6 Å². The summed E-state index contributed by atoms with van der Waals surface area (Å²) in [4.78, 5) is 2.40. The van der Waals surface area contributed by atoms with Gasteiger partial charge in [0.05, 0.1) is 18.3 Å². The zero-order chi connectivity index (χ0) is 14.6. The maximum Gasteiger partial charge on any atom is 0.151 e. The number of methoxy groups -OCH3 is 1. The molecule has 0 atom stereocenters. The number of likely N-dealkylation sites (tertiary alicyclic amines) is 1. The van der Waals surface area contributed by atoms with Crippen LogP contribution in [0.2, 0.25) is 0 Å². The third kappa shape index (κ3) is 4.89. The van der Waals surface area contributed by atoms with E-state index in [9.17, 15) is 0 Å². The molecular formula is C15H27N3O2. The molecule has 0 spiro atoms. The van der Waals surface area contributed by atoms with Gasteiger partial charge in [0.1, 0.15) is 0 Å². The molecule has 5 heteroatoms. The topological polar surface area (TPSA) is 50.5 Å². The molecule has 2 rings (SSSR count). The normalized spacial score (nSPS) is 18.6. The second-order valence-electron chi connectivity index (χ2n) is 6.60. The first-order chi connectivity index (χ1) is 9.46. The molecule has 0 amide bonds. The molecule has 1 N–H and O–H groups in total. The minimum absolute atomic E-state index is 0.0984. The third-order valence-corrected chi connectivity index (χ3v) is 3.65. The molecule has 1 aromatic heterocycles. The lowest BCUT2D eigenvalue weighted by molar-refractivity contribution is 0.0364. The summed E-state index contributed by atoms with van der Waals surface area (Å²) in [5, 5.41) is 7.54. The van der Waals surface area contributed by atoms with Gasteiger partial charge in [-0.1, -0.05) is 5.16 Å². The van der Waals surface area contributed by atoms with Crippen molar-refractivity contribution in [3.8, 4) is 0 Å². The number of ether oxygens (including phenoxy) is 1. The highest BCUT2D eigenvalue weighted by Crippen LogP contribution is 2.16. The quantitative estimate of drug-likeness (QED) is 0.896. The van der Waals surface area contributed by atoms with Gasteiger partial charge in [-0.05, 0) is 33.6 Å². The zero-order valence-electron chi connectivity index (χ0n) is 13.1. The summed E-state index contributed by atoms with van der Waals surface area (Å²) in [6.07, 6.45) is 2.62. The third-order valence-electron chi connectivity index (χ3n) is 3.65. The number of nitrogens with one attached hydrogen (secondary N) is 1. The fraction of sp³-hybridized carbons (Fsp3) is 0.800. The van der Waals surface area contributed by atoms with Crippen molar-refractivity contribution < 1.29 is 9.26 Å². The van der Waals surface area contributed by atoms with Gasteiger partial charge in [0.25, 0.3) is 0 Å². The van der Waals surface area contributed by atoms with E-state index >= 15 is 0 Å². The van der Waals surface area contributed by atoms with E-state index in [2.05, 4.69) is 42.2 Å². The van der Waals surface area contributed by atoms with Gasteiger partial charge in [0.2, 0.25) is 0 Å². The fourth-order valence-electron chi connectivity index (χ4n) is 2.39. The highest BCUT2D eigenvalue weighted by molar-refractivity contribution is 5.05. The van der Waals surface area contributed by atoms with Crippen molar-refractivity contribution in [2.75, 3.05) is 20.2 Å². The van der Waals surface area contributed by atoms with Crippen molar-refractivity contribution in [2.24, 2.45) is 0 Å². The Hall–Kier alpha value is -0.910. The Bertz CT molecular complexity index is 403. The van der Waals surface area contributed by atoms with Crippen LogP contribution in [-0.2, 0) is 17.8 Å². The molecule has 2 heterocycles. The van der Waals surface area contributed by atoms with Gasteiger partial charge in [0, 0.05) is 38.3 Å². The predicted molar refractivity (Wildman–Crippen MR) is 78.4 cm³/mol. The van der Waals surface area contributed by atoms with Crippen LogP contribution in [0.25, 0.3) is 0 Å². The summed E-state index contributed by atoms with van der Waals surface area (Å²) in [5.41, 5.74) is 1.07. The smallest absolute Gasteiger partial charge is 0.151 e. The number of rotatable bonds is 5. The molecule has 0 bridgehead atoms. The van der Waals surface area contributed by atoms with Gasteiger partial charge >= 0.3 is 0 Å². The molecule has 1 aromatic rings. The summed E-state index contributed by atoms with van der Waals surface area (Å²) in [6, 6.07) is 2.06. The Labute approximate surface area is 121 Å². The first-order valence-corrected chi connectivity index (χ1v) is 7.41. The molecule has 20 heavy (non-hydrogen) atoms. The lowest BCUT2D eigenvalue weighted by Crippen LogP contribution is -2.36. The fourth-order valence-corrected chi connectivity index (χ4v) is 2.39. The molecule has 1 aliphatic rings. The average Bonchev–Trinajstić information content (AvgIpc) is 2.84. The Morgan fingerprint density at radius 3 is 2.70 bits per heavy atom. The first kappa shape index (κ1) is 15.5. The number of aromatic nitrogens is 1. The van der Waals surface area contributed by atoms with E-state index < -0.39 is 0 Å². The highest BCUT2D eigenvalue weighted by Gasteiger charge is 2.20. The van der Waals surface area contributed by atoms with Crippen LogP contribution in [0, 0.1) is 0 Å². The molecular weight excluding hydrogens is 254 g/mol. The highest BCUT2D eigenvalue weighted by atomic mass is 16.5. The summed E-state index contributed by atoms with van der Waals surface area (Å²) in [5.74, 6) is 0.951. The van der Waals surface area contributed by atoms with E-state index in [0.29, 0.717) is 6.10 Å². The molecule has 0 aromatic carbocycles. The van der Waals surface area contributed by atoms with Gasteiger partial charge in [-0.3, -0.25) is 4.90 Å². The SMILES string of the molecule is COC1CCN(Cc2cc(CNC(C)(C)C)no2)CC1. The van der Waals surface area contributed by atoms with Gasteiger partial charge < -0.3 is 14.6 Å². The maximum atomic E-state index is 5.42. The molecule has 1 saturated heterocycles. The van der Waals surface area contributed by atoms with Crippen molar-refractivity contribution in [3.05, 3.63) is 17.5 Å². The number of hydrogen-bond acceptors (Lipinski definition) is 5. The molecule has 0 saturated carbocycles. The summed E-state index contributed by atoms with van der Waals surface area (Å²) in [6.45, 7) is 10.2. The van der Waals surface area contributed by atoms with E-state index in [1.54, 1.807) is 7.11 Å². The van der Waals surface area contributed by atoms with Gasteiger partial charge in [0.15, 0.2) is 5.76 Å². The van der Waals surface area contributed by atoms with Gasteiger partial charge in [-0.2, -0.15) is 0 Å². The molecule has 114 valence electrons. The average molecular weight is 281 g/mol. The van der Waals surface area contributed by atoms with Crippen LogP contribution in [-0.4, -0.2) is 41.9 Å². The Kier molecular flexibility index (Phi) is 5.18. The van der Waals surface area contributed by atoms with Crippen molar-refractivity contribution in [1.29, 1.82) is 0 Å². The van der Waals surface area contributed by atoms with E-state index in [0.717, 1.165) is 50.5 Å². The van der Waals surface area contributed by atoms with Crippen molar-refractivity contribution in [3.63, 3.8) is 0 Å². The number of nitrogens with zero attached hydrogens (tertiary/aromatic N) is 2. The minimum Gasteiger partial charge on any atom is -0.381 e. The second-order valence-corrected chi connectivity index (χ2v) is 6.60. The second kappa shape index (κ2) is 6.70. The monoisotopic (exact) mass is 281 g/mol. The van der Waals surface area contributed by atoms with Crippen molar-refractivity contribution in [1.82, 2.24) is 15.4 Å². The lowest BCUT2D eigenvalue weighted by Gasteiger charge is -2.30. The van der Waals surface area contributed by atoms with Crippen LogP contribution >= 0.6 is 0 Å². The minimum atomic E-state index is 0.0984. The standard InChI is InChI=1S/C15H27N3O2/c1-15(2,3)16-10-12-9-14(20-17-12)11-18-7-5-13(19-4)6-8-18/h9,13,16H,5-8,10-11H2,1-4H3. The number of hydrogen-bond donors (Lipinski definition) is 1. The maximum absolute atomic E-state index is 5.42. The van der Waals surface area contributed by atoms with Crippen LogP contribution < -0.4 is 5.32 Å². The predicted octanol–water partition coefficient (Wildman–Crippen LogP) is 2.17. The Morgan fingerprint density at radius 2 is 2.10 bits per heavy atom. The summed E-state index contributed by atoms with van der Waals surface area (Å²) in [7, 11) is 1.80. The molecule has 0 radical (unpaired) electrons. The first-order valence-electron chi connectivity index (χ1n) is 7.41. The molecule has 0 unspecified atom stereocenters. The van der Waals surface area contributed by atoms with Crippen LogP contribution in [0.1, 0.15) is 45.1 Å². The van der Waals surface area contributed by atoms with Crippen LogP contribution in [0.3, 0.4) is 0 Å². The van der Waals surface area contributed by atoms with Gasteiger partial charge in [-0.25, -0.2) is 0 Å². The molecule has 1 aliphatic heterocycles. The van der Waals surface area contributed by atoms with Crippen LogP contribution in [0.5, 0.6) is 0 Å². The number of piperidine rings is 1. The molecule has 5 nitrogen and oxygen atoms in total.